The Bertz CT molecular complexity index is 489. The third-order valence-electron chi connectivity index (χ3n) is 2.93. The molecule has 0 aliphatic heterocycles. The van der Waals surface area contributed by atoms with Gasteiger partial charge in [-0.1, -0.05) is 42.0 Å². The Labute approximate surface area is 102 Å². The van der Waals surface area contributed by atoms with E-state index in [0.717, 1.165) is 5.69 Å². The van der Waals surface area contributed by atoms with E-state index in [1.165, 1.54) is 16.7 Å². The molecule has 0 aliphatic rings. The Hall–Kier alpha value is -1.80. The number of nitrogen functional groups attached to an aromatic ring is 1. The molecule has 17 heavy (non-hydrogen) atoms. The maximum Gasteiger partial charge on any atom is 0.0574 e. The highest BCUT2D eigenvalue weighted by atomic mass is 14.9. The molecular formula is C15H18N2. The average molecular weight is 226 g/mol. The average Bonchev–Trinajstić information content (AvgIpc) is 2.33. The van der Waals surface area contributed by atoms with Gasteiger partial charge in [0.05, 0.1) is 6.04 Å². The van der Waals surface area contributed by atoms with Gasteiger partial charge in [0, 0.05) is 5.69 Å². The van der Waals surface area contributed by atoms with Crippen LogP contribution in [0, 0.1) is 6.92 Å². The van der Waals surface area contributed by atoms with Crippen molar-refractivity contribution in [3.05, 3.63) is 65.2 Å². The summed E-state index contributed by atoms with van der Waals surface area (Å²) in [5.74, 6) is 0. The molecule has 0 spiro atoms. The van der Waals surface area contributed by atoms with Crippen LogP contribution >= 0.6 is 0 Å². The van der Waals surface area contributed by atoms with Gasteiger partial charge in [-0.3, -0.25) is 0 Å². The van der Waals surface area contributed by atoms with E-state index < -0.39 is 0 Å². The van der Waals surface area contributed by atoms with Gasteiger partial charge in [-0.15, -0.1) is 0 Å². The summed E-state index contributed by atoms with van der Waals surface area (Å²) >= 11 is 0. The smallest absolute Gasteiger partial charge is 0.0574 e. The molecule has 0 bridgehead atoms. The third kappa shape index (κ3) is 2.66. The molecule has 0 heterocycles. The van der Waals surface area contributed by atoms with E-state index in [2.05, 4.69) is 48.6 Å². The molecule has 0 saturated heterocycles. The van der Waals surface area contributed by atoms with Crippen molar-refractivity contribution in [3.8, 4) is 0 Å². The van der Waals surface area contributed by atoms with Crippen LogP contribution < -0.4 is 11.1 Å². The number of aryl methyl sites for hydroxylation is 1. The van der Waals surface area contributed by atoms with Crippen LogP contribution in [-0.2, 0) is 0 Å². The monoisotopic (exact) mass is 226 g/mol. The molecule has 0 aliphatic carbocycles. The van der Waals surface area contributed by atoms with E-state index in [0.29, 0.717) is 0 Å². The number of rotatable bonds is 3. The topological polar surface area (TPSA) is 38.0 Å². The lowest BCUT2D eigenvalue weighted by molar-refractivity contribution is 0.691. The van der Waals surface area contributed by atoms with Gasteiger partial charge in [0.2, 0.25) is 0 Å². The van der Waals surface area contributed by atoms with Gasteiger partial charge in [0.1, 0.15) is 0 Å². The first-order valence-electron chi connectivity index (χ1n) is 5.80. The summed E-state index contributed by atoms with van der Waals surface area (Å²) in [6.45, 7) is 2.11. The summed E-state index contributed by atoms with van der Waals surface area (Å²) in [6.07, 6.45) is 0. The largest absolute Gasteiger partial charge is 0.399 e. The van der Waals surface area contributed by atoms with Crippen LogP contribution in [0.15, 0.2) is 48.5 Å². The number of hydrogen-bond donors (Lipinski definition) is 2. The highest BCUT2D eigenvalue weighted by Crippen LogP contribution is 2.23. The number of benzene rings is 2. The van der Waals surface area contributed by atoms with Gasteiger partial charge in [-0.2, -0.15) is 0 Å². The highest BCUT2D eigenvalue weighted by molar-refractivity contribution is 5.42. The molecule has 0 aromatic heterocycles. The van der Waals surface area contributed by atoms with Gasteiger partial charge in [0.25, 0.3) is 0 Å². The summed E-state index contributed by atoms with van der Waals surface area (Å²) in [5, 5.41) is 3.34. The maximum atomic E-state index is 5.71. The molecule has 1 unspecified atom stereocenters. The van der Waals surface area contributed by atoms with Crippen LogP contribution in [0.5, 0.6) is 0 Å². The van der Waals surface area contributed by atoms with Crippen molar-refractivity contribution in [2.45, 2.75) is 13.0 Å². The van der Waals surface area contributed by atoms with Gasteiger partial charge >= 0.3 is 0 Å². The maximum absolute atomic E-state index is 5.71. The molecule has 0 fully saturated rings. The minimum atomic E-state index is 0.218. The SMILES string of the molecule is CNC(c1ccc(N)cc1)c1cccc(C)c1. The number of nitrogens with one attached hydrogen (secondary N) is 1. The summed E-state index contributed by atoms with van der Waals surface area (Å²) in [4.78, 5) is 0. The summed E-state index contributed by atoms with van der Waals surface area (Å²) < 4.78 is 0. The third-order valence-corrected chi connectivity index (χ3v) is 2.93. The Morgan fingerprint density at radius 3 is 2.29 bits per heavy atom. The number of nitrogens with two attached hydrogens (primary N) is 1. The van der Waals surface area contributed by atoms with Gasteiger partial charge in [-0.05, 0) is 37.2 Å². The van der Waals surface area contributed by atoms with E-state index in [-0.39, 0.29) is 6.04 Å². The van der Waals surface area contributed by atoms with Crippen LogP contribution in [0.25, 0.3) is 0 Å². The van der Waals surface area contributed by atoms with Crippen LogP contribution in [0.2, 0.25) is 0 Å². The summed E-state index contributed by atoms with van der Waals surface area (Å²) in [5.41, 5.74) is 10.3. The van der Waals surface area contributed by atoms with Crippen molar-refractivity contribution >= 4 is 5.69 Å². The lowest BCUT2D eigenvalue weighted by atomic mass is 9.97. The molecule has 2 heteroatoms. The predicted molar refractivity (Wildman–Crippen MR) is 72.9 cm³/mol. The van der Waals surface area contributed by atoms with E-state index >= 15 is 0 Å². The molecule has 0 radical (unpaired) electrons. The number of anilines is 1. The quantitative estimate of drug-likeness (QED) is 0.790. The molecule has 3 N–H and O–H groups in total. The van der Waals surface area contributed by atoms with Crippen LogP contribution in [0.3, 0.4) is 0 Å². The molecule has 0 saturated carbocycles. The minimum Gasteiger partial charge on any atom is -0.399 e. The fourth-order valence-electron chi connectivity index (χ4n) is 2.06. The lowest BCUT2D eigenvalue weighted by Gasteiger charge is -2.17. The second kappa shape index (κ2) is 5.02. The van der Waals surface area contributed by atoms with Crippen molar-refractivity contribution in [1.82, 2.24) is 5.32 Å². The lowest BCUT2D eigenvalue weighted by Crippen LogP contribution is -2.17. The van der Waals surface area contributed by atoms with E-state index in [9.17, 15) is 0 Å². The fraction of sp³-hybridized carbons (Fsp3) is 0.200. The molecule has 1 atom stereocenters. The van der Waals surface area contributed by atoms with Crippen molar-refractivity contribution < 1.29 is 0 Å². The van der Waals surface area contributed by atoms with Gasteiger partial charge in [-0.25, -0.2) is 0 Å². The van der Waals surface area contributed by atoms with Crippen LogP contribution in [-0.4, -0.2) is 7.05 Å². The van der Waals surface area contributed by atoms with Gasteiger partial charge in [0.15, 0.2) is 0 Å². The second-order valence-electron chi connectivity index (χ2n) is 4.30. The molecule has 2 nitrogen and oxygen atoms in total. The number of hydrogen-bond acceptors (Lipinski definition) is 2. The minimum absolute atomic E-state index is 0.218. The predicted octanol–water partition coefficient (Wildman–Crippen LogP) is 2.89. The van der Waals surface area contributed by atoms with Crippen molar-refractivity contribution in [1.29, 1.82) is 0 Å². The molecule has 2 rings (SSSR count). The standard InChI is InChI=1S/C15H18N2/c1-11-4-3-5-13(10-11)15(17-2)12-6-8-14(16)9-7-12/h3-10,15,17H,16H2,1-2H3. The van der Waals surface area contributed by atoms with Crippen molar-refractivity contribution in [2.75, 3.05) is 12.8 Å². The van der Waals surface area contributed by atoms with E-state index in [4.69, 9.17) is 5.73 Å². The zero-order valence-corrected chi connectivity index (χ0v) is 10.3. The molecule has 2 aromatic rings. The Morgan fingerprint density at radius 1 is 1.00 bits per heavy atom. The first kappa shape index (κ1) is 11.7. The van der Waals surface area contributed by atoms with Crippen molar-refractivity contribution in [3.63, 3.8) is 0 Å². The molecule has 0 amide bonds. The van der Waals surface area contributed by atoms with Crippen molar-refractivity contribution in [2.24, 2.45) is 0 Å². The fourth-order valence-corrected chi connectivity index (χ4v) is 2.06. The molecular weight excluding hydrogens is 208 g/mol. The first-order valence-corrected chi connectivity index (χ1v) is 5.80. The summed E-state index contributed by atoms with van der Waals surface area (Å²) in [7, 11) is 1.98. The molecule has 88 valence electrons. The molecule has 2 aromatic carbocycles. The van der Waals surface area contributed by atoms with E-state index in [1.54, 1.807) is 0 Å². The zero-order valence-electron chi connectivity index (χ0n) is 10.3. The van der Waals surface area contributed by atoms with Crippen LogP contribution in [0.1, 0.15) is 22.7 Å². The highest BCUT2D eigenvalue weighted by Gasteiger charge is 2.11. The van der Waals surface area contributed by atoms with E-state index in [1.807, 2.05) is 19.2 Å². The second-order valence-corrected chi connectivity index (χ2v) is 4.30. The zero-order chi connectivity index (χ0) is 12.3. The Kier molecular flexibility index (Phi) is 3.45. The Balaban J connectivity index is 2.36. The first-order chi connectivity index (χ1) is 8.20. The van der Waals surface area contributed by atoms with Gasteiger partial charge < -0.3 is 11.1 Å². The summed E-state index contributed by atoms with van der Waals surface area (Å²) in [6, 6.07) is 16.8. The normalized spacial score (nSPS) is 12.4. The van der Waals surface area contributed by atoms with Crippen LogP contribution in [0.4, 0.5) is 5.69 Å². The Morgan fingerprint density at radius 2 is 1.71 bits per heavy atom.